The molecule has 4 nitrogen and oxygen atoms in total. The first-order valence-electron chi connectivity index (χ1n) is 25.4. The van der Waals surface area contributed by atoms with Crippen molar-refractivity contribution in [1.29, 1.82) is 0 Å². The maximum Gasteiger partial charge on any atom is 0.222 e. The Morgan fingerprint density at radius 1 is 0.517 bits per heavy atom. The first-order chi connectivity index (χ1) is 28.4. The molecule has 0 saturated heterocycles. The molecule has 60 heavy (non-hydrogen) atoms. The van der Waals surface area contributed by atoms with Gasteiger partial charge in [0.15, 0.2) is 0 Å². The van der Waals surface area contributed by atoms with Gasteiger partial charge in [-0.2, -0.15) is 4.98 Å². The molecule has 7 rings (SSSR count). The van der Waals surface area contributed by atoms with E-state index in [1.807, 2.05) is 0 Å². The van der Waals surface area contributed by atoms with Crippen LogP contribution < -0.4 is 10.6 Å². The minimum Gasteiger partial charge on any atom is -0.368 e. The van der Waals surface area contributed by atoms with Crippen LogP contribution in [0.3, 0.4) is 0 Å². The minimum atomic E-state index is 0.368. The van der Waals surface area contributed by atoms with Crippen LogP contribution in [0.5, 0.6) is 0 Å². The Bertz CT molecular complexity index is 1840. The molecule has 1 aromatic heterocycles. The maximum absolute atomic E-state index is 6.59. The summed E-state index contributed by atoms with van der Waals surface area (Å²) in [6.07, 6.45) is 16.1. The molecule has 2 N–H and O–H groups in total. The molecule has 12 unspecified atom stereocenters. The number of rotatable bonds is 10. The van der Waals surface area contributed by atoms with Crippen LogP contribution in [0.2, 0.25) is 0 Å². The molecule has 3 aromatic rings. The molecule has 2 aromatic carbocycles. The zero-order valence-electron chi connectivity index (χ0n) is 41.0. The Morgan fingerprint density at radius 2 is 0.900 bits per heavy atom. The van der Waals surface area contributed by atoms with Gasteiger partial charge in [-0.05, 0) is 192 Å². The Hall–Kier alpha value is -2.62. The van der Waals surface area contributed by atoms with E-state index in [9.17, 15) is 0 Å². The van der Waals surface area contributed by atoms with Gasteiger partial charge in [0, 0.05) is 19.5 Å². The van der Waals surface area contributed by atoms with E-state index < -0.39 is 0 Å². The van der Waals surface area contributed by atoms with Crippen molar-refractivity contribution in [3.8, 4) is 11.1 Å². The Balaban J connectivity index is 1.69. The highest BCUT2D eigenvalue weighted by molar-refractivity contribution is 5.94. The second-order valence-electron chi connectivity index (χ2n) is 23.5. The molecular weight excluding hydrogens is 729 g/mol. The molecule has 0 aliphatic heterocycles. The molecule has 4 saturated carbocycles. The van der Waals surface area contributed by atoms with Gasteiger partial charge in [-0.25, -0.2) is 4.98 Å². The highest BCUT2D eigenvalue weighted by Crippen LogP contribution is 2.59. The lowest BCUT2D eigenvalue weighted by Gasteiger charge is -2.48. The van der Waals surface area contributed by atoms with Crippen LogP contribution in [0, 0.1) is 71.0 Å². The van der Waals surface area contributed by atoms with E-state index >= 15 is 0 Å². The van der Waals surface area contributed by atoms with Crippen LogP contribution in [0.1, 0.15) is 206 Å². The number of fused-ring (bicyclic) bond motifs is 1. The number of aromatic nitrogens is 2. The van der Waals surface area contributed by atoms with Crippen molar-refractivity contribution in [2.24, 2.45) is 71.0 Å². The summed E-state index contributed by atoms with van der Waals surface area (Å²) in [6, 6.07) is 10.4. The van der Waals surface area contributed by atoms with Crippen LogP contribution in [0.4, 0.5) is 11.8 Å². The Morgan fingerprint density at radius 3 is 1.28 bits per heavy atom. The van der Waals surface area contributed by atoms with E-state index in [1.54, 1.807) is 27.8 Å². The highest BCUT2D eigenvalue weighted by atomic mass is 15.2. The van der Waals surface area contributed by atoms with Gasteiger partial charge in [-0.3, -0.25) is 0 Å². The van der Waals surface area contributed by atoms with Crippen molar-refractivity contribution >= 4 is 22.7 Å². The highest BCUT2D eigenvalue weighted by Gasteiger charge is 2.45. The monoisotopic (exact) mass is 817 g/mol. The van der Waals surface area contributed by atoms with Gasteiger partial charge in [0.1, 0.15) is 5.82 Å². The summed E-state index contributed by atoms with van der Waals surface area (Å²) in [4.78, 5) is 11.9. The lowest BCUT2D eigenvalue weighted by molar-refractivity contribution is 0.177. The van der Waals surface area contributed by atoms with E-state index in [0.717, 1.165) is 40.4 Å². The molecule has 4 heteroatoms. The Kier molecular flexibility index (Phi) is 14.1. The van der Waals surface area contributed by atoms with Crippen LogP contribution in [0.15, 0.2) is 24.3 Å². The third-order valence-corrected chi connectivity index (χ3v) is 17.5. The van der Waals surface area contributed by atoms with Gasteiger partial charge in [0.05, 0.1) is 5.52 Å². The van der Waals surface area contributed by atoms with Crippen LogP contribution in [-0.4, -0.2) is 24.1 Å². The molecule has 4 aliphatic rings. The molecule has 0 bridgehead atoms. The zero-order valence-corrected chi connectivity index (χ0v) is 41.0. The molecule has 0 radical (unpaired) electrons. The molecule has 0 spiro atoms. The zero-order chi connectivity index (χ0) is 43.3. The summed E-state index contributed by atoms with van der Waals surface area (Å²) < 4.78 is 0. The summed E-state index contributed by atoms with van der Waals surface area (Å²) in [7, 11) is 4.17. The second kappa shape index (κ2) is 18.6. The predicted molar refractivity (Wildman–Crippen MR) is 260 cm³/mol. The number of nitrogens with zero attached hydrogens (tertiary/aromatic N) is 3. The van der Waals surface area contributed by atoms with Crippen LogP contribution in [0.25, 0.3) is 22.0 Å². The van der Waals surface area contributed by atoms with Crippen molar-refractivity contribution in [3.05, 3.63) is 46.5 Å². The fourth-order valence-electron chi connectivity index (χ4n) is 14.3. The van der Waals surface area contributed by atoms with Crippen LogP contribution in [-0.2, 0) is 0 Å². The first kappa shape index (κ1) is 45.4. The molecule has 4 aliphatic carbocycles. The minimum absolute atomic E-state index is 0.368. The van der Waals surface area contributed by atoms with Gasteiger partial charge in [0.25, 0.3) is 0 Å². The van der Waals surface area contributed by atoms with E-state index in [0.29, 0.717) is 77.0 Å². The average Bonchev–Trinajstić information content (AvgIpc) is 3.18. The smallest absolute Gasteiger partial charge is 0.222 e. The van der Waals surface area contributed by atoms with Gasteiger partial charge < -0.3 is 10.6 Å². The first-order valence-corrected chi connectivity index (χ1v) is 25.4. The van der Waals surface area contributed by atoms with Crippen molar-refractivity contribution in [2.45, 2.75) is 184 Å². The number of benzene rings is 2. The fraction of sp³-hybridized carbons (Fsp3) is 0.750. The largest absolute Gasteiger partial charge is 0.368 e. The van der Waals surface area contributed by atoms with Gasteiger partial charge in [0.2, 0.25) is 5.95 Å². The quantitative estimate of drug-likeness (QED) is 0.221. The summed E-state index contributed by atoms with van der Waals surface area (Å²) in [5, 5.41) is 1.09. The molecule has 332 valence electrons. The molecule has 4 fully saturated rings. The molecular formula is C56H88N4. The second-order valence-corrected chi connectivity index (χ2v) is 23.5. The maximum atomic E-state index is 6.59. The van der Waals surface area contributed by atoms with Crippen molar-refractivity contribution in [2.75, 3.05) is 24.7 Å². The van der Waals surface area contributed by atoms with E-state index in [2.05, 4.69) is 126 Å². The number of nitrogen functional groups attached to an aromatic ring is 1. The van der Waals surface area contributed by atoms with E-state index in [1.165, 1.54) is 82.6 Å². The van der Waals surface area contributed by atoms with Gasteiger partial charge in [-0.15, -0.1) is 0 Å². The van der Waals surface area contributed by atoms with E-state index in [4.69, 9.17) is 15.7 Å². The number of nitrogens with two attached hydrogens (primary N) is 1. The molecule has 12 atom stereocenters. The molecule has 1 heterocycles. The standard InChI is InChI=1S/C56H88N4/c1-31(2)40-20-15-35(9)25-45(40)49-30-50(46-26-36(10)16-21-41(46)32(3)4)54(48-28-38(12)18-23-43(48)34(7)8)52(53(49)47-27-37(11)17-22-42(47)33(5)6)39-19-24-44-51(29-39)58-56(57)59-55(44)60(13)14/h19,24,29-38,40-43,45-48H,15-18,20-23,25-28H2,1-14H3,(H2,57,58,59). The average molecular weight is 817 g/mol. The summed E-state index contributed by atoms with van der Waals surface area (Å²) in [5.74, 6) is 11.9. The number of hydrogen-bond acceptors (Lipinski definition) is 4. The van der Waals surface area contributed by atoms with Crippen molar-refractivity contribution in [3.63, 3.8) is 0 Å². The summed E-state index contributed by atoms with van der Waals surface area (Å²) in [6.45, 7) is 30.7. The summed E-state index contributed by atoms with van der Waals surface area (Å²) in [5.41, 5.74) is 17.7. The van der Waals surface area contributed by atoms with Crippen molar-refractivity contribution in [1.82, 2.24) is 9.97 Å². The topological polar surface area (TPSA) is 55.0 Å². The molecule has 0 amide bonds. The normalized spacial score (nSPS) is 33.0. The summed E-state index contributed by atoms with van der Waals surface area (Å²) >= 11 is 0. The van der Waals surface area contributed by atoms with Gasteiger partial charge >= 0.3 is 0 Å². The number of hydrogen-bond donors (Lipinski definition) is 1. The van der Waals surface area contributed by atoms with Gasteiger partial charge in [-0.1, -0.05) is 121 Å². The number of anilines is 2. The Labute approximate surface area is 368 Å². The SMILES string of the molecule is CC1CCC(C(C)C)C(c2cc(C3CC(C)CCC3C(C)C)c(C3CC(C)CCC3C(C)C)c(-c3ccc4c(N(C)C)nc(N)nc4c3)c2C2CC(C)CCC2C(C)C)C1. The predicted octanol–water partition coefficient (Wildman–Crippen LogP) is 15.6. The fourth-order valence-corrected chi connectivity index (χ4v) is 14.3. The van der Waals surface area contributed by atoms with Crippen molar-refractivity contribution < 1.29 is 0 Å². The van der Waals surface area contributed by atoms with E-state index in [-0.39, 0.29) is 0 Å². The third-order valence-electron chi connectivity index (χ3n) is 17.5. The lowest BCUT2D eigenvalue weighted by Crippen LogP contribution is -2.34. The third kappa shape index (κ3) is 9.07. The lowest BCUT2D eigenvalue weighted by atomic mass is 9.57. The van der Waals surface area contributed by atoms with Crippen LogP contribution >= 0.6 is 0 Å².